The molecule has 1 heterocycles. The molecule has 1 rings (SSSR count). The van der Waals surface area contributed by atoms with Crippen LogP contribution in [-0.2, 0) is 13.0 Å². The first-order chi connectivity index (χ1) is 7.44. The molecule has 16 heavy (non-hydrogen) atoms. The molecule has 0 saturated carbocycles. The Morgan fingerprint density at radius 2 is 1.94 bits per heavy atom. The van der Waals surface area contributed by atoms with Gasteiger partial charge in [-0.15, -0.1) is 0 Å². The molecule has 0 aromatic carbocycles. The lowest BCUT2D eigenvalue weighted by Gasteiger charge is -2.22. The Morgan fingerprint density at radius 1 is 1.25 bits per heavy atom. The number of hydrogen-bond acceptors (Lipinski definition) is 3. The van der Waals surface area contributed by atoms with Crippen molar-refractivity contribution in [3.05, 3.63) is 23.4 Å². The van der Waals surface area contributed by atoms with E-state index in [-0.39, 0.29) is 5.54 Å². The maximum atomic E-state index is 4.58. The number of pyridine rings is 1. The van der Waals surface area contributed by atoms with E-state index in [2.05, 4.69) is 55.4 Å². The maximum Gasteiger partial charge on any atom is 0.126 e. The first kappa shape index (κ1) is 13.0. The quantitative estimate of drug-likeness (QED) is 0.820. The lowest BCUT2D eigenvalue weighted by atomic mass is 10.1. The van der Waals surface area contributed by atoms with Crippen molar-refractivity contribution in [3.8, 4) is 0 Å². The van der Waals surface area contributed by atoms with Gasteiger partial charge in [0.2, 0.25) is 0 Å². The van der Waals surface area contributed by atoms with Crippen molar-refractivity contribution in [2.24, 2.45) is 0 Å². The SMILES string of the molecule is CCc1cc(CNC)cc(NC(C)(C)C)n1. The summed E-state index contributed by atoms with van der Waals surface area (Å²) < 4.78 is 0. The number of aromatic nitrogens is 1. The summed E-state index contributed by atoms with van der Waals surface area (Å²) in [6.07, 6.45) is 0.969. The summed E-state index contributed by atoms with van der Waals surface area (Å²) in [6.45, 7) is 9.45. The Labute approximate surface area is 98.7 Å². The van der Waals surface area contributed by atoms with Gasteiger partial charge in [0, 0.05) is 17.8 Å². The Bertz CT molecular complexity index is 340. The molecule has 90 valence electrons. The number of aryl methyl sites for hydroxylation is 1. The number of nitrogens with one attached hydrogen (secondary N) is 2. The molecule has 0 saturated heterocycles. The second kappa shape index (κ2) is 5.30. The van der Waals surface area contributed by atoms with E-state index in [1.165, 1.54) is 5.56 Å². The van der Waals surface area contributed by atoms with Gasteiger partial charge in [0.1, 0.15) is 5.82 Å². The zero-order valence-electron chi connectivity index (χ0n) is 11.0. The zero-order chi connectivity index (χ0) is 12.2. The largest absolute Gasteiger partial charge is 0.365 e. The van der Waals surface area contributed by atoms with Crippen molar-refractivity contribution in [1.29, 1.82) is 0 Å². The van der Waals surface area contributed by atoms with E-state index in [4.69, 9.17) is 0 Å². The van der Waals surface area contributed by atoms with Crippen molar-refractivity contribution >= 4 is 5.82 Å². The molecule has 0 unspecified atom stereocenters. The number of rotatable bonds is 4. The van der Waals surface area contributed by atoms with Crippen LogP contribution in [0.15, 0.2) is 12.1 Å². The number of hydrogen-bond donors (Lipinski definition) is 2. The molecular weight excluding hydrogens is 198 g/mol. The fourth-order valence-corrected chi connectivity index (χ4v) is 1.59. The average molecular weight is 221 g/mol. The van der Waals surface area contributed by atoms with E-state index in [9.17, 15) is 0 Å². The third kappa shape index (κ3) is 4.19. The summed E-state index contributed by atoms with van der Waals surface area (Å²) in [5, 5.41) is 6.59. The van der Waals surface area contributed by atoms with Crippen LogP contribution in [0.1, 0.15) is 39.0 Å². The summed E-state index contributed by atoms with van der Waals surface area (Å²) in [5.41, 5.74) is 2.47. The van der Waals surface area contributed by atoms with Crippen molar-refractivity contribution in [3.63, 3.8) is 0 Å². The number of nitrogens with zero attached hydrogens (tertiary/aromatic N) is 1. The molecule has 0 fully saturated rings. The second-order valence-corrected chi connectivity index (χ2v) is 5.11. The van der Waals surface area contributed by atoms with Crippen LogP contribution in [0.25, 0.3) is 0 Å². The fraction of sp³-hybridized carbons (Fsp3) is 0.615. The Balaban J connectivity index is 2.95. The van der Waals surface area contributed by atoms with Crippen molar-refractivity contribution in [1.82, 2.24) is 10.3 Å². The summed E-state index contributed by atoms with van der Waals surface area (Å²) in [4.78, 5) is 4.58. The highest BCUT2D eigenvalue weighted by Gasteiger charge is 2.11. The van der Waals surface area contributed by atoms with Gasteiger partial charge in [-0.2, -0.15) is 0 Å². The molecule has 2 N–H and O–H groups in total. The molecule has 0 amide bonds. The minimum Gasteiger partial charge on any atom is -0.365 e. The summed E-state index contributed by atoms with van der Waals surface area (Å²) in [7, 11) is 1.96. The third-order valence-corrected chi connectivity index (χ3v) is 2.18. The molecule has 3 heteroatoms. The lowest BCUT2D eigenvalue weighted by Crippen LogP contribution is -2.27. The lowest BCUT2D eigenvalue weighted by molar-refractivity contribution is 0.629. The molecule has 0 bridgehead atoms. The molecule has 0 radical (unpaired) electrons. The molecule has 0 aliphatic carbocycles. The van der Waals surface area contributed by atoms with Crippen LogP contribution in [0.5, 0.6) is 0 Å². The molecular formula is C13H23N3. The van der Waals surface area contributed by atoms with Crippen LogP contribution >= 0.6 is 0 Å². The van der Waals surface area contributed by atoms with Crippen molar-refractivity contribution in [2.45, 2.75) is 46.2 Å². The van der Waals surface area contributed by atoms with Gasteiger partial charge in [0.05, 0.1) is 0 Å². The van der Waals surface area contributed by atoms with E-state index in [0.29, 0.717) is 0 Å². The minimum atomic E-state index is 0.0519. The smallest absolute Gasteiger partial charge is 0.126 e. The molecule has 0 aliphatic rings. The Morgan fingerprint density at radius 3 is 2.44 bits per heavy atom. The monoisotopic (exact) mass is 221 g/mol. The van der Waals surface area contributed by atoms with Gasteiger partial charge in [0.25, 0.3) is 0 Å². The summed E-state index contributed by atoms with van der Waals surface area (Å²) in [5.74, 6) is 0.970. The Kier molecular flexibility index (Phi) is 4.30. The normalized spacial score (nSPS) is 11.6. The third-order valence-electron chi connectivity index (χ3n) is 2.18. The predicted octanol–water partition coefficient (Wildman–Crippen LogP) is 2.57. The van der Waals surface area contributed by atoms with Gasteiger partial charge in [0.15, 0.2) is 0 Å². The van der Waals surface area contributed by atoms with E-state index in [1.54, 1.807) is 0 Å². The van der Waals surface area contributed by atoms with E-state index < -0.39 is 0 Å². The van der Waals surface area contributed by atoms with Gasteiger partial charge in [-0.1, -0.05) is 6.92 Å². The molecule has 1 aromatic heterocycles. The highest BCUT2D eigenvalue weighted by molar-refractivity contribution is 5.41. The fourth-order valence-electron chi connectivity index (χ4n) is 1.59. The topological polar surface area (TPSA) is 37.0 Å². The zero-order valence-corrected chi connectivity index (χ0v) is 11.0. The number of anilines is 1. The molecule has 3 nitrogen and oxygen atoms in total. The standard InChI is InChI=1S/C13H23N3/c1-6-11-7-10(9-14-5)8-12(15-11)16-13(2,3)4/h7-8,14H,6,9H2,1-5H3,(H,15,16). The van der Waals surface area contributed by atoms with Crippen LogP contribution in [0.4, 0.5) is 5.82 Å². The Hall–Kier alpha value is -1.09. The van der Waals surface area contributed by atoms with Crippen molar-refractivity contribution < 1.29 is 0 Å². The van der Waals surface area contributed by atoms with Crippen LogP contribution in [0, 0.1) is 0 Å². The van der Waals surface area contributed by atoms with Gasteiger partial charge in [-0.05, 0) is 51.9 Å². The highest BCUT2D eigenvalue weighted by atomic mass is 15.0. The predicted molar refractivity (Wildman–Crippen MR) is 69.8 cm³/mol. The minimum absolute atomic E-state index is 0.0519. The summed E-state index contributed by atoms with van der Waals surface area (Å²) >= 11 is 0. The average Bonchev–Trinajstić information content (AvgIpc) is 2.15. The van der Waals surface area contributed by atoms with E-state index >= 15 is 0 Å². The molecule has 1 aromatic rings. The van der Waals surface area contributed by atoms with Crippen LogP contribution < -0.4 is 10.6 Å². The van der Waals surface area contributed by atoms with Crippen LogP contribution in [0.3, 0.4) is 0 Å². The van der Waals surface area contributed by atoms with Gasteiger partial charge >= 0.3 is 0 Å². The summed E-state index contributed by atoms with van der Waals surface area (Å²) in [6, 6.07) is 4.27. The van der Waals surface area contributed by atoms with E-state index in [1.807, 2.05) is 7.05 Å². The van der Waals surface area contributed by atoms with E-state index in [0.717, 1.165) is 24.5 Å². The van der Waals surface area contributed by atoms with Gasteiger partial charge < -0.3 is 10.6 Å². The maximum absolute atomic E-state index is 4.58. The second-order valence-electron chi connectivity index (χ2n) is 5.11. The van der Waals surface area contributed by atoms with Crippen LogP contribution in [0.2, 0.25) is 0 Å². The first-order valence-corrected chi connectivity index (χ1v) is 5.87. The first-order valence-electron chi connectivity index (χ1n) is 5.87. The van der Waals surface area contributed by atoms with Crippen LogP contribution in [-0.4, -0.2) is 17.6 Å². The van der Waals surface area contributed by atoms with Gasteiger partial charge in [-0.3, -0.25) is 0 Å². The molecule has 0 atom stereocenters. The van der Waals surface area contributed by atoms with Gasteiger partial charge in [-0.25, -0.2) is 4.98 Å². The molecule has 0 aliphatic heterocycles. The highest BCUT2D eigenvalue weighted by Crippen LogP contribution is 2.15. The molecule has 0 spiro atoms. The van der Waals surface area contributed by atoms with Crippen molar-refractivity contribution in [2.75, 3.05) is 12.4 Å².